The summed E-state index contributed by atoms with van der Waals surface area (Å²) in [6.45, 7) is 1.95. The van der Waals surface area contributed by atoms with Crippen LogP contribution >= 0.6 is 0 Å². The second kappa shape index (κ2) is 3.64. The number of carbonyl (C=O) groups excluding carboxylic acids is 1. The van der Waals surface area contributed by atoms with Gasteiger partial charge in [0.15, 0.2) is 0 Å². The molecule has 4 nitrogen and oxygen atoms in total. The minimum atomic E-state index is -0.435. The van der Waals surface area contributed by atoms with Crippen LogP contribution in [-0.4, -0.2) is 30.0 Å². The van der Waals surface area contributed by atoms with Crippen molar-refractivity contribution < 1.29 is 4.79 Å². The highest BCUT2D eigenvalue weighted by Crippen LogP contribution is 2.24. The van der Waals surface area contributed by atoms with E-state index in [0.29, 0.717) is 0 Å². The number of hydrazine groups is 1. The van der Waals surface area contributed by atoms with Crippen molar-refractivity contribution in [2.75, 3.05) is 12.1 Å². The Hall–Kier alpha value is -1.39. The summed E-state index contributed by atoms with van der Waals surface area (Å²) in [5, 5.41) is 3.51. The molecule has 2 N–H and O–H groups in total. The molecule has 0 aliphatic carbocycles. The molecule has 1 amide bonds. The molecule has 0 saturated carbocycles. The molecule has 1 saturated heterocycles. The number of carbonyl (C=O) groups is 1. The second-order valence-electron chi connectivity index (χ2n) is 3.83. The molecule has 80 valence electrons. The Balaban J connectivity index is 2.35. The highest BCUT2D eigenvalue weighted by molar-refractivity contribution is 5.98. The van der Waals surface area contributed by atoms with Gasteiger partial charge in [0.2, 0.25) is 0 Å². The van der Waals surface area contributed by atoms with Gasteiger partial charge in [-0.15, -0.1) is 0 Å². The number of likely N-dealkylation sites (N-methyl/N-ethyl adjacent to an activating group) is 1. The smallest absolute Gasteiger partial charge is 0.260 e. The zero-order chi connectivity index (χ0) is 11.0. The quantitative estimate of drug-likeness (QED) is 0.730. The van der Waals surface area contributed by atoms with Crippen LogP contribution in [0.3, 0.4) is 0 Å². The Morgan fingerprint density at radius 1 is 1.27 bits per heavy atom. The molecule has 0 radical (unpaired) electrons. The van der Waals surface area contributed by atoms with Gasteiger partial charge >= 0.3 is 0 Å². The molecule has 0 bridgehead atoms. The summed E-state index contributed by atoms with van der Waals surface area (Å²) in [4.78, 5) is 11.9. The van der Waals surface area contributed by atoms with Crippen LogP contribution in [0.15, 0.2) is 30.3 Å². The monoisotopic (exact) mass is 205 g/mol. The lowest BCUT2D eigenvalue weighted by Crippen LogP contribution is -2.38. The maximum atomic E-state index is 11.9. The third-order valence-corrected chi connectivity index (χ3v) is 2.92. The Morgan fingerprint density at radius 2 is 1.87 bits per heavy atom. The third kappa shape index (κ3) is 1.52. The van der Waals surface area contributed by atoms with Crippen molar-refractivity contribution in [3.63, 3.8) is 0 Å². The lowest BCUT2D eigenvalue weighted by Gasteiger charge is -2.26. The number of rotatable bonds is 1. The molecule has 0 aromatic heterocycles. The Morgan fingerprint density at radius 3 is 2.33 bits per heavy atom. The molecule has 2 unspecified atom stereocenters. The van der Waals surface area contributed by atoms with Crippen molar-refractivity contribution in [3.05, 3.63) is 30.3 Å². The highest BCUT2D eigenvalue weighted by atomic mass is 16.2. The number of nitrogens with two attached hydrogens (primary N) is 1. The SMILES string of the molecule is CC1C(N)C(=O)N(c2ccccc2)N1C. The number of benzene rings is 1. The zero-order valence-corrected chi connectivity index (χ0v) is 8.92. The fourth-order valence-electron chi connectivity index (χ4n) is 1.80. The van der Waals surface area contributed by atoms with Crippen molar-refractivity contribution in [2.45, 2.75) is 19.0 Å². The standard InChI is InChI=1S/C11H15N3O/c1-8-10(12)11(15)14(13(8)2)9-6-4-3-5-7-9/h3-8,10H,12H2,1-2H3. The number of hydrogen-bond donors (Lipinski definition) is 1. The Bertz CT molecular complexity index is 365. The van der Waals surface area contributed by atoms with Crippen LogP contribution in [0.25, 0.3) is 0 Å². The lowest BCUT2D eigenvalue weighted by atomic mass is 10.2. The van der Waals surface area contributed by atoms with E-state index in [1.54, 1.807) is 5.01 Å². The van der Waals surface area contributed by atoms with E-state index in [0.717, 1.165) is 5.69 Å². The molecule has 1 heterocycles. The van der Waals surface area contributed by atoms with Crippen LogP contribution in [0.1, 0.15) is 6.92 Å². The van der Waals surface area contributed by atoms with Gasteiger partial charge in [-0.05, 0) is 19.1 Å². The molecular formula is C11H15N3O. The minimum absolute atomic E-state index is 0.0395. The first-order chi connectivity index (χ1) is 7.13. The van der Waals surface area contributed by atoms with Crippen LogP contribution in [0.4, 0.5) is 5.69 Å². The van der Waals surface area contributed by atoms with Crippen LogP contribution in [0.5, 0.6) is 0 Å². The zero-order valence-electron chi connectivity index (χ0n) is 8.92. The van der Waals surface area contributed by atoms with Gasteiger partial charge in [-0.3, -0.25) is 4.79 Å². The minimum Gasteiger partial charge on any atom is -0.318 e. The largest absolute Gasteiger partial charge is 0.318 e. The average molecular weight is 205 g/mol. The van der Waals surface area contributed by atoms with E-state index in [1.807, 2.05) is 49.3 Å². The summed E-state index contributed by atoms with van der Waals surface area (Å²) in [5.41, 5.74) is 6.67. The number of anilines is 1. The number of para-hydroxylation sites is 1. The first-order valence-electron chi connectivity index (χ1n) is 5.00. The molecule has 15 heavy (non-hydrogen) atoms. The Labute approximate surface area is 89.2 Å². The molecule has 1 aromatic carbocycles. The van der Waals surface area contributed by atoms with Crippen molar-refractivity contribution >= 4 is 11.6 Å². The molecule has 1 aromatic rings. The fraction of sp³-hybridized carbons (Fsp3) is 0.364. The predicted molar refractivity (Wildman–Crippen MR) is 59.1 cm³/mol. The van der Waals surface area contributed by atoms with Gasteiger partial charge in [0.25, 0.3) is 5.91 Å². The molecule has 2 rings (SSSR count). The molecule has 1 fully saturated rings. The van der Waals surface area contributed by atoms with E-state index >= 15 is 0 Å². The Kier molecular flexibility index (Phi) is 2.46. The van der Waals surface area contributed by atoms with E-state index in [4.69, 9.17) is 5.73 Å². The summed E-state index contributed by atoms with van der Waals surface area (Å²) < 4.78 is 0. The van der Waals surface area contributed by atoms with Gasteiger partial charge < -0.3 is 5.73 Å². The molecule has 0 spiro atoms. The number of amides is 1. The maximum Gasteiger partial charge on any atom is 0.260 e. The third-order valence-electron chi connectivity index (χ3n) is 2.92. The van der Waals surface area contributed by atoms with E-state index < -0.39 is 6.04 Å². The van der Waals surface area contributed by atoms with Crippen LogP contribution in [0.2, 0.25) is 0 Å². The van der Waals surface area contributed by atoms with Gasteiger partial charge in [-0.2, -0.15) is 0 Å². The van der Waals surface area contributed by atoms with E-state index in [9.17, 15) is 4.79 Å². The predicted octanol–water partition coefficient (Wildman–Crippen LogP) is 0.596. The van der Waals surface area contributed by atoms with Crippen LogP contribution in [-0.2, 0) is 4.79 Å². The van der Waals surface area contributed by atoms with Crippen molar-refractivity contribution in [1.82, 2.24) is 5.01 Å². The number of hydrogen-bond acceptors (Lipinski definition) is 3. The maximum absolute atomic E-state index is 11.9. The summed E-state index contributed by atoms with van der Waals surface area (Å²) in [6, 6.07) is 9.15. The molecule has 2 atom stereocenters. The summed E-state index contributed by atoms with van der Waals surface area (Å²) in [7, 11) is 1.88. The van der Waals surface area contributed by atoms with Crippen LogP contribution in [0, 0.1) is 0 Å². The summed E-state index contributed by atoms with van der Waals surface area (Å²) in [6.07, 6.45) is 0. The van der Waals surface area contributed by atoms with E-state index in [-0.39, 0.29) is 11.9 Å². The van der Waals surface area contributed by atoms with Crippen molar-refractivity contribution in [3.8, 4) is 0 Å². The molecular weight excluding hydrogens is 190 g/mol. The van der Waals surface area contributed by atoms with Crippen LogP contribution < -0.4 is 10.7 Å². The summed E-state index contributed by atoms with van der Waals surface area (Å²) >= 11 is 0. The number of nitrogens with zero attached hydrogens (tertiary/aromatic N) is 2. The first-order valence-corrected chi connectivity index (χ1v) is 5.00. The van der Waals surface area contributed by atoms with Crippen molar-refractivity contribution in [1.29, 1.82) is 0 Å². The first kappa shape index (κ1) is 10.1. The van der Waals surface area contributed by atoms with Gasteiger partial charge in [-0.1, -0.05) is 18.2 Å². The fourth-order valence-corrected chi connectivity index (χ4v) is 1.80. The molecule has 4 heteroatoms. The van der Waals surface area contributed by atoms with E-state index in [2.05, 4.69) is 0 Å². The topological polar surface area (TPSA) is 49.6 Å². The van der Waals surface area contributed by atoms with E-state index in [1.165, 1.54) is 0 Å². The molecule has 1 aliphatic rings. The van der Waals surface area contributed by atoms with Crippen molar-refractivity contribution in [2.24, 2.45) is 5.73 Å². The lowest BCUT2D eigenvalue weighted by molar-refractivity contribution is -0.118. The van der Waals surface area contributed by atoms with Gasteiger partial charge in [0.1, 0.15) is 6.04 Å². The average Bonchev–Trinajstić information content (AvgIpc) is 2.45. The summed E-state index contributed by atoms with van der Waals surface area (Å²) in [5.74, 6) is -0.0452. The second-order valence-corrected chi connectivity index (χ2v) is 3.83. The van der Waals surface area contributed by atoms with Gasteiger partial charge in [-0.25, -0.2) is 10.0 Å². The van der Waals surface area contributed by atoms with Gasteiger partial charge in [0.05, 0.1) is 11.7 Å². The highest BCUT2D eigenvalue weighted by Gasteiger charge is 2.40. The molecule has 1 aliphatic heterocycles. The van der Waals surface area contributed by atoms with Gasteiger partial charge in [0, 0.05) is 7.05 Å². The normalized spacial score (nSPS) is 27.4.